The summed E-state index contributed by atoms with van der Waals surface area (Å²) < 4.78 is 5.31. The molecule has 0 saturated carbocycles. The van der Waals surface area contributed by atoms with Gasteiger partial charge in [-0.05, 0) is 38.8 Å². The van der Waals surface area contributed by atoms with Crippen molar-refractivity contribution in [1.29, 1.82) is 0 Å². The fourth-order valence-corrected chi connectivity index (χ4v) is 2.99. The highest BCUT2D eigenvalue weighted by Gasteiger charge is 2.28. The molecule has 1 heterocycles. The average molecular weight is 378 g/mol. The Labute approximate surface area is 158 Å². The minimum atomic E-state index is -0.585. The number of esters is 1. The molecule has 7 heteroatoms. The molecule has 0 aliphatic carbocycles. The van der Waals surface area contributed by atoms with Gasteiger partial charge in [-0.2, -0.15) is 0 Å². The number of ether oxygens (including phenoxy) is 1. The van der Waals surface area contributed by atoms with Crippen molar-refractivity contribution in [2.75, 3.05) is 20.1 Å². The number of carbonyl (C=O) groups is 2. The van der Waals surface area contributed by atoms with Crippen molar-refractivity contribution in [1.82, 2.24) is 4.90 Å². The fourth-order valence-electron chi connectivity index (χ4n) is 2.80. The van der Waals surface area contributed by atoms with E-state index >= 15 is 0 Å². The molecule has 0 unspecified atom stereocenters. The highest BCUT2D eigenvalue weighted by atomic mass is 35.5. The zero-order valence-electron chi connectivity index (χ0n) is 15.5. The summed E-state index contributed by atoms with van der Waals surface area (Å²) in [5, 5.41) is 0.307. The third-order valence-electron chi connectivity index (χ3n) is 3.89. The standard InChI is InChI=1S/C19H24ClN3O3/c1-19(2,3)26-16(24)11-23-8-7-12-5-6-13(9-14(12)18(23)25)17(22-4)15(20)10-21/h5-6,9-10H,7-8,11,21H2,1-4H3. The predicted molar refractivity (Wildman–Crippen MR) is 102 cm³/mol. The van der Waals surface area contributed by atoms with Crippen molar-refractivity contribution in [3.8, 4) is 0 Å². The second kappa shape index (κ2) is 7.91. The number of benzene rings is 1. The molecule has 1 aromatic carbocycles. The van der Waals surface area contributed by atoms with Crippen molar-refractivity contribution >= 4 is 29.2 Å². The molecule has 0 atom stereocenters. The maximum Gasteiger partial charge on any atom is 0.326 e. The Bertz CT molecular complexity index is 779. The largest absolute Gasteiger partial charge is 0.459 e. The third kappa shape index (κ3) is 4.64. The zero-order chi connectivity index (χ0) is 19.5. The fraction of sp³-hybridized carbons (Fsp3) is 0.421. The lowest BCUT2D eigenvalue weighted by Gasteiger charge is -2.29. The van der Waals surface area contributed by atoms with Crippen LogP contribution in [0.1, 0.15) is 42.3 Å². The van der Waals surface area contributed by atoms with Crippen LogP contribution in [0.5, 0.6) is 0 Å². The number of nitrogens with two attached hydrogens (primary N) is 1. The van der Waals surface area contributed by atoms with E-state index in [0.29, 0.717) is 34.8 Å². The van der Waals surface area contributed by atoms with Gasteiger partial charge in [-0.3, -0.25) is 14.6 Å². The van der Waals surface area contributed by atoms with Crippen LogP contribution in [0.4, 0.5) is 0 Å². The predicted octanol–water partition coefficient (Wildman–Crippen LogP) is 2.48. The minimum Gasteiger partial charge on any atom is -0.459 e. The van der Waals surface area contributed by atoms with Crippen molar-refractivity contribution < 1.29 is 14.3 Å². The maximum atomic E-state index is 12.8. The first-order chi connectivity index (χ1) is 12.2. The van der Waals surface area contributed by atoms with Crippen molar-refractivity contribution in [2.24, 2.45) is 10.7 Å². The van der Waals surface area contributed by atoms with Crippen LogP contribution < -0.4 is 5.73 Å². The van der Waals surface area contributed by atoms with Crippen LogP contribution in [0.2, 0.25) is 0 Å². The summed E-state index contributed by atoms with van der Waals surface area (Å²) in [5.41, 5.74) is 7.57. The van der Waals surface area contributed by atoms with Gasteiger partial charge in [-0.15, -0.1) is 0 Å². The zero-order valence-corrected chi connectivity index (χ0v) is 16.3. The first-order valence-electron chi connectivity index (χ1n) is 8.35. The smallest absolute Gasteiger partial charge is 0.326 e. The van der Waals surface area contributed by atoms with E-state index in [9.17, 15) is 9.59 Å². The lowest BCUT2D eigenvalue weighted by Crippen LogP contribution is -2.42. The number of halogens is 1. The number of allylic oxidation sites excluding steroid dienone is 1. The van der Waals surface area contributed by atoms with Gasteiger partial charge in [-0.1, -0.05) is 23.7 Å². The summed E-state index contributed by atoms with van der Waals surface area (Å²) in [6.07, 6.45) is 1.93. The third-order valence-corrected chi connectivity index (χ3v) is 4.19. The lowest BCUT2D eigenvalue weighted by molar-refractivity contribution is -0.155. The van der Waals surface area contributed by atoms with Gasteiger partial charge in [0.15, 0.2) is 0 Å². The second-order valence-corrected chi connectivity index (χ2v) is 7.43. The van der Waals surface area contributed by atoms with Gasteiger partial charge in [0.2, 0.25) is 0 Å². The molecule has 140 valence electrons. The molecule has 0 radical (unpaired) electrons. The van der Waals surface area contributed by atoms with E-state index in [4.69, 9.17) is 22.1 Å². The van der Waals surface area contributed by atoms with Gasteiger partial charge >= 0.3 is 5.97 Å². The normalized spacial score (nSPS) is 15.7. The van der Waals surface area contributed by atoms with Crippen molar-refractivity contribution in [3.63, 3.8) is 0 Å². The minimum absolute atomic E-state index is 0.0715. The lowest BCUT2D eigenvalue weighted by atomic mass is 9.95. The molecular formula is C19H24ClN3O3. The number of rotatable bonds is 4. The van der Waals surface area contributed by atoms with Gasteiger partial charge in [-0.25, -0.2) is 0 Å². The van der Waals surface area contributed by atoms with Gasteiger partial charge in [0, 0.05) is 30.9 Å². The van der Waals surface area contributed by atoms with E-state index in [2.05, 4.69) is 4.99 Å². The van der Waals surface area contributed by atoms with Crippen molar-refractivity contribution in [3.05, 3.63) is 46.1 Å². The highest BCUT2D eigenvalue weighted by Crippen LogP contribution is 2.23. The average Bonchev–Trinajstić information content (AvgIpc) is 2.56. The number of hydrogen-bond donors (Lipinski definition) is 1. The molecule has 26 heavy (non-hydrogen) atoms. The van der Waals surface area contributed by atoms with Crippen LogP contribution in [-0.2, 0) is 16.0 Å². The molecule has 1 aliphatic heterocycles. The molecule has 2 N–H and O–H groups in total. The molecule has 0 aromatic heterocycles. The first kappa shape index (κ1) is 20.0. The molecule has 1 amide bonds. The van der Waals surface area contributed by atoms with Gasteiger partial charge in [0.05, 0.1) is 10.7 Å². The van der Waals surface area contributed by atoms with Crippen LogP contribution in [0.25, 0.3) is 0 Å². The Hall–Kier alpha value is -2.34. The van der Waals surface area contributed by atoms with Gasteiger partial charge in [0.1, 0.15) is 12.1 Å². The summed E-state index contributed by atoms with van der Waals surface area (Å²) in [6, 6.07) is 5.50. The van der Waals surface area contributed by atoms with E-state index in [0.717, 1.165) is 5.56 Å². The molecule has 1 aliphatic rings. The molecule has 0 spiro atoms. The summed E-state index contributed by atoms with van der Waals surface area (Å²) in [5.74, 6) is -0.627. The number of fused-ring (bicyclic) bond motifs is 1. The van der Waals surface area contributed by atoms with Crippen molar-refractivity contribution in [2.45, 2.75) is 32.8 Å². The van der Waals surface area contributed by atoms with Crippen LogP contribution in [0.15, 0.2) is 34.4 Å². The quantitative estimate of drug-likeness (QED) is 0.645. The number of nitrogens with zero attached hydrogens (tertiary/aromatic N) is 2. The van der Waals surface area contributed by atoms with Crippen LogP contribution in [0.3, 0.4) is 0 Å². The summed E-state index contributed by atoms with van der Waals surface area (Å²) in [6.45, 7) is 5.79. The molecule has 0 fully saturated rings. The molecule has 1 aromatic rings. The summed E-state index contributed by atoms with van der Waals surface area (Å²) in [7, 11) is 1.61. The summed E-state index contributed by atoms with van der Waals surface area (Å²) in [4.78, 5) is 30.5. The van der Waals surface area contributed by atoms with E-state index in [1.54, 1.807) is 33.9 Å². The Balaban J connectivity index is 2.26. The summed E-state index contributed by atoms with van der Waals surface area (Å²) >= 11 is 6.09. The van der Waals surface area contributed by atoms with Gasteiger partial charge in [0.25, 0.3) is 5.91 Å². The van der Waals surface area contributed by atoms with Gasteiger partial charge < -0.3 is 15.4 Å². The van der Waals surface area contributed by atoms with Crippen LogP contribution >= 0.6 is 11.6 Å². The van der Waals surface area contributed by atoms with E-state index in [-0.39, 0.29) is 12.5 Å². The Morgan fingerprint density at radius 3 is 2.69 bits per heavy atom. The molecular weight excluding hydrogens is 354 g/mol. The van der Waals surface area contributed by atoms with E-state index in [1.807, 2.05) is 12.1 Å². The first-order valence-corrected chi connectivity index (χ1v) is 8.73. The number of amides is 1. The highest BCUT2D eigenvalue weighted by molar-refractivity contribution is 6.46. The Morgan fingerprint density at radius 1 is 1.42 bits per heavy atom. The Kier molecular flexibility index (Phi) is 6.08. The van der Waals surface area contributed by atoms with E-state index in [1.165, 1.54) is 11.1 Å². The van der Waals surface area contributed by atoms with Crippen LogP contribution in [0, 0.1) is 0 Å². The number of carbonyl (C=O) groups excluding carboxylic acids is 2. The molecule has 2 rings (SSSR count). The number of hydrogen-bond acceptors (Lipinski definition) is 5. The topological polar surface area (TPSA) is 85.0 Å². The SMILES string of the molecule is CN=C(C(Cl)=CN)c1ccc2c(c1)C(=O)N(CC(=O)OC(C)(C)C)CC2. The number of aliphatic imine (C=N–C) groups is 1. The molecule has 0 saturated heterocycles. The molecule has 6 nitrogen and oxygen atoms in total. The second-order valence-electron chi connectivity index (χ2n) is 7.02. The van der Waals surface area contributed by atoms with E-state index < -0.39 is 11.6 Å². The Morgan fingerprint density at radius 2 is 2.12 bits per heavy atom. The van der Waals surface area contributed by atoms with Crippen LogP contribution in [-0.4, -0.2) is 48.2 Å². The monoisotopic (exact) mass is 377 g/mol. The maximum absolute atomic E-state index is 12.8. The molecule has 0 bridgehead atoms.